The Kier molecular flexibility index (Phi) is 3.06. The molecular formula is C9H6F3NS. The van der Waals surface area contributed by atoms with Gasteiger partial charge in [0.1, 0.15) is 5.57 Å². The van der Waals surface area contributed by atoms with Crippen molar-refractivity contribution < 1.29 is 13.2 Å². The van der Waals surface area contributed by atoms with Crippen LogP contribution in [0.25, 0.3) is 0 Å². The topological polar surface area (TPSA) is 23.9 Å². The molecule has 14 heavy (non-hydrogen) atoms. The Hall–Kier alpha value is -1.15. The van der Waals surface area contributed by atoms with Gasteiger partial charge in [0, 0.05) is 23.4 Å². The van der Waals surface area contributed by atoms with Gasteiger partial charge in [-0.3, -0.25) is 0 Å². The Balaban J connectivity index is 2.92. The Morgan fingerprint density at radius 2 is 2.29 bits per heavy atom. The lowest BCUT2D eigenvalue weighted by Crippen LogP contribution is -2.19. The van der Waals surface area contributed by atoms with Crippen molar-refractivity contribution in [3.63, 3.8) is 0 Å². The third kappa shape index (κ3) is 2.42. The second kappa shape index (κ2) is 3.93. The average Bonchev–Trinajstić information content (AvgIpc) is 2.15. The number of allylic oxidation sites excluding steroid dienone is 2. The molecule has 0 aromatic heterocycles. The van der Waals surface area contributed by atoms with Gasteiger partial charge < -0.3 is 5.41 Å². The minimum absolute atomic E-state index is 0.00394. The summed E-state index contributed by atoms with van der Waals surface area (Å²) >= 11 is 4.48. The lowest BCUT2D eigenvalue weighted by atomic mass is 9.94. The molecule has 1 unspecified atom stereocenters. The Morgan fingerprint density at radius 3 is 2.79 bits per heavy atom. The van der Waals surface area contributed by atoms with Crippen LogP contribution in [0.4, 0.5) is 13.2 Å². The molecule has 1 nitrogen and oxygen atoms in total. The van der Waals surface area contributed by atoms with Gasteiger partial charge >= 0.3 is 6.18 Å². The molecular weight excluding hydrogens is 211 g/mol. The van der Waals surface area contributed by atoms with Crippen molar-refractivity contribution in [2.45, 2.75) is 12.6 Å². The predicted octanol–water partition coefficient (Wildman–Crippen LogP) is 2.52. The molecule has 0 heterocycles. The number of hydrogen-bond acceptors (Lipinski definition) is 2. The highest BCUT2D eigenvalue weighted by molar-refractivity contribution is 7.80. The smallest absolute Gasteiger partial charge is 0.304 e. The number of hydrogen-bond donors (Lipinski definition) is 1. The molecule has 0 saturated carbocycles. The molecule has 0 bridgehead atoms. The van der Waals surface area contributed by atoms with Crippen LogP contribution >= 0.6 is 12.2 Å². The molecule has 0 aromatic rings. The Bertz CT molecular complexity index is 356. The molecule has 0 amide bonds. The van der Waals surface area contributed by atoms with Gasteiger partial charge in [0.05, 0.1) is 0 Å². The van der Waals surface area contributed by atoms with E-state index in [1.54, 1.807) is 0 Å². The van der Waals surface area contributed by atoms with Crippen LogP contribution in [0.2, 0.25) is 0 Å². The molecule has 1 rings (SSSR count). The van der Waals surface area contributed by atoms with Crippen LogP contribution in [0, 0.1) is 23.2 Å². The highest BCUT2D eigenvalue weighted by Crippen LogP contribution is 2.28. The summed E-state index contributed by atoms with van der Waals surface area (Å²) in [6, 6.07) is 0. The molecule has 74 valence electrons. The molecule has 0 saturated heterocycles. The predicted molar refractivity (Wildman–Crippen MR) is 51.4 cm³/mol. The van der Waals surface area contributed by atoms with Crippen LogP contribution in [0.15, 0.2) is 11.6 Å². The maximum atomic E-state index is 12.2. The summed E-state index contributed by atoms with van der Waals surface area (Å²) < 4.78 is 36.6. The number of rotatable bonds is 2. The average molecular weight is 217 g/mol. The first-order valence-corrected chi connectivity index (χ1v) is 4.24. The highest BCUT2D eigenvalue weighted by atomic mass is 32.1. The van der Waals surface area contributed by atoms with E-state index in [0.29, 0.717) is 0 Å². The van der Waals surface area contributed by atoms with Gasteiger partial charge in [0.2, 0.25) is 0 Å². The van der Waals surface area contributed by atoms with E-state index in [-0.39, 0.29) is 12.1 Å². The summed E-state index contributed by atoms with van der Waals surface area (Å²) in [6.45, 7) is 0. The van der Waals surface area contributed by atoms with Crippen LogP contribution in [-0.4, -0.2) is 17.3 Å². The van der Waals surface area contributed by atoms with Crippen molar-refractivity contribution in [3.8, 4) is 11.8 Å². The van der Waals surface area contributed by atoms with Gasteiger partial charge in [-0.05, 0) is 0 Å². The number of nitrogens with one attached hydrogen (secondary N) is 1. The lowest BCUT2D eigenvalue weighted by molar-refractivity contribution is -0.0876. The van der Waals surface area contributed by atoms with Gasteiger partial charge in [-0.25, -0.2) is 0 Å². The van der Waals surface area contributed by atoms with Crippen LogP contribution < -0.4 is 0 Å². The third-order valence-corrected chi connectivity index (χ3v) is 2.00. The first kappa shape index (κ1) is 10.9. The molecule has 5 heteroatoms. The van der Waals surface area contributed by atoms with Gasteiger partial charge in [0.15, 0.2) is 0 Å². The quantitative estimate of drug-likeness (QED) is 0.429. The molecule has 0 fully saturated rings. The number of alkyl halides is 3. The fourth-order valence-electron chi connectivity index (χ4n) is 1.01. The van der Waals surface area contributed by atoms with Crippen molar-refractivity contribution in [1.82, 2.24) is 0 Å². The molecule has 1 atom stereocenters. The lowest BCUT2D eigenvalue weighted by Gasteiger charge is -2.14. The van der Waals surface area contributed by atoms with E-state index in [4.69, 9.17) is 5.41 Å². The molecule has 1 N–H and O–H groups in total. The number of halogens is 3. The summed E-state index contributed by atoms with van der Waals surface area (Å²) in [5.74, 6) is 3.75. The highest BCUT2D eigenvalue weighted by Gasteiger charge is 2.34. The Morgan fingerprint density at radius 1 is 1.64 bits per heavy atom. The van der Waals surface area contributed by atoms with Gasteiger partial charge in [-0.1, -0.05) is 30.1 Å². The van der Waals surface area contributed by atoms with E-state index in [2.05, 4.69) is 18.1 Å². The summed E-state index contributed by atoms with van der Waals surface area (Å²) in [4.78, 5) is 0. The first-order chi connectivity index (χ1) is 6.45. The van der Waals surface area contributed by atoms with Crippen molar-refractivity contribution in [2.75, 3.05) is 0 Å². The van der Waals surface area contributed by atoms with E-state index >= 15 is 0 Å². The maximum Gasteiger partial charge on any atom is 0.423 e. The van der Waals surface area contributed by atoms with Gasteiger partial charge in [0.25, 0.3) is 0 Å². The molecule has 1 aliphatic rings. The zero-order chi connectivity index (χ0) is 10.8. The summed E-state index contributed by atoms with van der Waals surface area (Å²) in [5.41, 5.74) is -0.883. The van der Waals surface area contributed by atoms with Crippen molar-refractivity contribution in [3.05, 3.63) is 11.6 Å². The SMILES string of the molecule is N=C(C=S)C1C=C(C(F)(F)F)C#CC1. The van der Waals surface area contributed by atoms with Gasteiger partial charge in [-0.15, -0.1) is 0 Å². The zero-order valence-electron chi connectivity index (χ0n) is 6.98. The van der Waals surface area contributed by atoms with Crippen molar-refractivity contribution >= 4 is 23.3 Å². The van der Waals surface area contributed by atoms with Crippen molar-refractivity contribution in [2.24, 2.45) is 5.92 Å². The van der Waals surface area contributed by atoms with E-state index in [1.807, 2.05) is 5.92 Å². The minimum atomic E-state index is -4.42. The fourth-order valence-corrected chi connectivity index (χ4v) is 1.19. The minimum Gasteiger partial charge on any atom is -0.304 e. The molecule has 1 aliphatic carbocycles. The van der Waals surface area contributed by atoms with Crippen LogP contribution in [-0.2, 0) is 0 Å². The summed E-state index contributed by atoms with van der Waals surface area (Å²) in [5, 5.41) is 8.36. The largest absolute Gasteiger partial charge is 0.423 e. The van der Waals surface area contributed by atoms with Crippen molar-refractivity contribution in [1.29, 1.82) is 5.41 Å². The van der Waals surface area contributed by atoms with Crippen LogP contribution in [0.5, 0.6) is 0 Å². The van der Waals surface area contributed by atoms with Crippen LogP contribution in [0.1, 0.15) is 6.42 Å². The standard InChI is InChI=1S/C9H6F3NS/c10-9(11,12)7-3-1-2-6(4-7)8(13)5-14/h4-6,13H,2H2. The fraction of sp³-hybridized carbons (Fsp3) is 0.333. The van der Waals surface area contributed by atoms with E-state index in [0.717, 1.165) is 11.4 Å². The maximum absolute atomic E-state index is 12.2. The second-order valence-corrected chi connectivity index (χ2v) is 3.00. The van der Waals surface area contributed by atoms with E-state index in [9.17, 15) is 13.2 Å². The molecule has 0 spiro atoms. The third-order valence-electron chi connectivity index (χ3n) is 1.74. The van der Waals surface area contributed by atoms with Gasteiger partial charge in [-0.2, -0.15) is 13.2 Å². The first-order valence-electron chi connectivity index (χ1n) is 3.76. The monoisotopic (exact) mass is 217 g/mol. The van der Waals surface area contributed by atoms with E-state index in [1.165, 1.54) is 0 Å². The summed E-state index contributed by atoms with van der Waals surface area (Å²) in [6.07, 6.45) is -3.24. The van der Waals surface area contributed by atoms with E-state index < -0.39 is 17.7 Å². The molecule has 0 aromatic carbocycles. The number of thiocarbonyl (C=S) groups is 1. The zero-order valence-corrected chi connectivity index (χ0v) is 7.80. The molecule has 0 radical (unpaired) electrons. The normalized spacial score (nSPS) is 20.5. The summed E-state index contributed by atoms with van der Waals surface area (Å²) in [7, 11) is 0. The Labute approximate surface area is 84.5 Å². The second-order valence-electron chi connectivity index (χ2n) is 2.76. The molecule has 0 aliphatic heterocycles. The van der Waals surface area contributed by atoms with Crippen LogP contribution in [0.3, 0.4) is 0 Å².